The first-order chi connectivity index (χ1) is 19.0. The lowest BCUT2D eigenvalue weighted by molar-refractivity contribution is -0.295. The Hall–Kier alpha value is -1.14. The minimum absolute atomic E-state index is 0.00840. The van der Waals surface area contributed by atoms with Gasteiger partial charge in [-0.15, -0.1) is 0 Å². The molecule has 0 aromatic heterocycles. The van der Waals surface area contributed by atoms with Crippen molar-refractivity contribution in [3.05, 3.63) is 0 Å². The van der Waals surface area contributed by atoms with Crippen LogP contribution in [-0.4, -0.2) is 135 Å². The van der Waals surface area contributed by atoms with E-state index in [4.69, 9.17) is 18.9 Å². The van der Waals surface area contributed by atoms with Gasteiger partial charge in [-0.25, -0.2) is 0 Å². The second-order valence-electron chi connectivity index (χ2n) is 14.0. The summed E-state index contributed by atoms with van der Waals surface area (Å²) in [6.07, 6.45) is 0.618. The number of ketones is 1. The fourth-order valence-electron chi connectivity index (χ4n) is 7.39. The Morgan fingerprint density at radius 2 is 1.71 bits per heavy atom. The Balaban J connectivity index is 2.00. The maximum absolute atomic E-state index is 14.1. The number of hydrogen-bond donors (Lipinski definition) is 1. The number of ether oxygens (including phenoxy) is 4. The van der Waals surface area contributed by atoms with Gasteiger partial charge in [0.25, 0.3) is 0 Å². The zero-order valence-corrected chi connectivity index (χ0v) is 27.4. The van der Waals surface area contributed by atoms with Crippen LogP contribution in [-0.2, 0) is 28.5 Å². The van der Waals surface area contributed by atoms with E-state index in [1.54, 1.807) is 27.9 Å². The molecule has 238 valence electrons. The zero-order chi connectivity index (χ0) is 30.9. The summed E-state index contributed by atoms with van der Waals surface area (Å²) in [5.74, 6) is -1.39. The van der Waals surface area contributed by atoms with Gasteiger partial charge in [-0.2, -0.15) is 0 Å². The van der Waals surface area contributed by atoms with E-state index in [0.717, 1.165) is 25.9 Å². The van der Waals surface area contributed by atoms with E-state index >= 15 is 0 Å². The minimum atomic E-state index is -1.40. The van der Waals surface area contributed by atoms with Crippen LogP contribution in [0.2, 0.25) is 0 Å². The molecular formula is C31H57N3O7. The molecule has 1 N–H and O–H groups in total. The van der Waals surface area contributed by atoms with Gasteiger partial charge in [-0.05, 0) is 94.0 Å². The van der Waals surface area contributed by atoms with Crippen LogP contribution in [0, 0.1) is 17.3 Å². The summed E-state index contributed by atoms with van der Waals surface area (Å²) in [6.45, 7) is 13.2. The summed E-state index contributed by atoms with van der Waals surface area (Å²) in [4.78, 5) is 34.3. The number of likely N-dealkylation sites (N-methyl/N-ethyl adjacent to an activating group) is 3. The number of carbonyl (C=O) groups is 2. The lowest BCUT2D eigenvalue weighted by Crippen LogP contribution is -2.59. The van der Waals surface area contributed by atoms with E-state index in [1.807, 2.05) is 32.8 Å². The van der Waals surface area contributed by atoms with E-state index in [-0.39, 0.29) is 42.5 Å². The van der Waals surface area contributed by atoms with Crippen molar-refractivity contribution in [2.24, 2.45) is 17.3 Å². The van der Waals surface area contributed by atoms with Gasteiger partial charge >= 0.3 is 5.97 Å². The Labute approximate surface area is 248 Å². The molecule has 3 fully saturated rings. The summed E-state index contributed by atoms with van der Waals surface area (Å²) in [6, 6.07) is 0.112. The predicted molar refractivity (Wildman–Crippen MR) is 157 cm³/mol. The van der Waals surface area contributed by atoms with Crippen LogP contribution in [0.4, 0.5) is 0 Å². The molecule has 1 unspecified atom stereocenters. The molecule has 3 aliphatic heterocycles. The van der Waals surface area contributed by atoms with Gasteiger partial charge in [-0.3, -0.25) is 14.5 Å². The number of rotatable bonds is 5. The number of aliphatic hydroxyl groups excluding tert-OH is 1. The molecule has 0 aliphatic carbocycles. The third-order valence-electron chi connectivity index (χ3n) is 9.94. The van der Waals surface area contributed by atoms with Crippen molar-refractivity contribution in [2.75, 3.05) is 55.0 Å². The highest BCUT2D eigenvalue weighted by atomic mass is 16.7. The lowest BCUT2D eigenvalue weighted by atomic mass is 9.74. The van der Waals surface area contributed by atoms with Crippen molar-refractivity contribution in [3.8, 4) is 0 Å². The molecular weight excluding hydrogens is 526 g/mol. The first-order valence-electron chi connectivity index (χ1n) is 15.4. The number of esters is 1. The molecule has 0 saturated carbocycles. The smallest absolute Gasteiger partial charge is 0.319 e. The fourth-order valence-corrected chi connectivity index (χ4v) is 7.39. The SMILES string of the molecule is CO[C@]1(C)C[C@@H](C)CN(C)[C@H](C2CCCN2C)COC(=O)C(C)(C)C(=O)[C@H](C)[C@H]1O[C@@H]1O[C@H](C)C[C@H](N(C)C)[C@H]1O. The molecule has 0 aromatic rings. The first kappa shape index (κ1) is 34.4. The molecule has 3 aliphatic rings. The number of likely N-dealkylation sites (tertiary alicyclic amines) is 1. The van der Waals surface area contributed by atoms with Gasteiger partial charge in [0.05, 0.1) is 23.9 Å². The van der Waals surface area contributed by atoms with E-state index in [9.17, 15) is 14.7 Å². The van der Waals surface area contributed by atoms with Crippen LogP contribution in [0.1, 0.15) is 67.2 Å². The van der Waals surface area contributed by atoms with Gasteiger partial charge in [0, 0.05) is 31.7 Å². The van der Waals surface area contributed by atoms with Crippen molar-refractivity contribution < 1.29 is 33.6 Å². The quantitative estimate of drug-likeness (QED) is 0.384. The Morgan fingerprint density at radius 1 is 1.05 bits per heavy atom. The number of nitrogens with zero attached hydrogens (tertiary/aromatic N) is 3. The van der Waals surface area contributed by atoms with E-state index in [2.05, 4.69) is 30.8 Å². The van der Waals surface area contributed by atoms with Crippen LogP contribution < -0.4 is 0 Å². The summed E-state index contributed by atoms with van der Waals surface area (Å²) in [5, 5.41) is 11.3. The highest BCUT2D eigenvalue weighted by molar-refractivity contribution is 6.04. The third-order valence-corrected chi connectivity index (χ3v) is 9.94. The second-order valence-corrected chi connectivity index (χ2v) is 14.0. The number of hydrogen-bond acceptors (Lipinski definition) is 10. The van der Waals surface area contributed by atoms with Gasteiger partial charge in [0.15, 0.2) is 12.1 Å². The van der Waals surface area contributed by atoms with Crippen molar-refractivity contribution >= 4 is 11.8 Å². The van der Waals surface area contributed by atoms with Crippen molar-refractivity contribution in [3.63, 3.8) is 0 Å². The van der Waals surface area contributed by atoms with E-state index in [1.165, 1.54) is 0 Å². The van der Waals surface area contributed by atoms with Gasteiger partial charge < -0.3 is 33.9 Å². The van der Waals surface area contributed by atoms with Crippen LogP contribution in [0.3, 0.4) is 0 Å². The molecule has 3 rings (SSSR count). The number of cyclic esters (lactones) is 1. The summed E-state index contributed by atoms with van der Waals surface area (Å²) < 4.78 is 24.9. The summed E-state index contributed by atoms with van der Waals surface area (Å²) >= 11 is 0. The zero-order valence-electron chi connectivity index (χ0n) is 27.4. The molecule has 0 bridgehead atoms. The molecule has 0 radical (unpaired) electrons. The lowest BCUT2D eigenvalue weighted by Gasteiger charge is -2.47. The number of aliphatic hydroxyl groups is 1. The van der Waals surface area contributed by atoms with Crippen molar-refractivity contribution in [1.82, 2.24) is 14.7 Å². The summed E-state index contributed by atoms with van der Waals surface area (Å²) in [7, 11) is 9.71. The topological polar surface area (TPSA) is 101 Å². The molecule has 10 atom stereocenters. The minimum Gasteiger partial charge on any atom is -0.463 e. The maximum Gasteiger partial charge on any atom is 0.319 e. The highest BCUT2D eigenvalue weighted by Crippen LogP contribution is 2.38. The molecule has 10 heteroatoms. The summed E-state index contributed by atoms with van der Waals surface area (Å²) in [5.41, 5.74) is -2.30. The maximum atomic E-state index is 14.1. The highest BCUT2D eigenvalue weighted by Gasteiger charge is 2.51. The molecule has 0 amide bonds. The molecule has 10 nitrogen and oxygen atoms in total. The predicted octanol–water partition coefficient (Wildman–Crippen LogP) is 2.41. The number of methoxy groups -OCH3 is 1. The largest absolute Gasteiger partial charge is 0.463 e. The van der Waals surface area contributed by atoms with Gasteiger partial charge in [0.2, 0.25) is 0 Å². The average Bonchev–Trinajstić information content (AvgIpc) is 3.32. The Bertz CT molecular complexity index is 901. The number of carbonyl (C=O) groups excluding carboxylic acids is 2. The van der Waals surface area contributed by atoms with Gasteiger partial charge in [0.1, 0.15) is 18.1 Å². The number of Topliss-reactive ketones (excluding diaryl/α,β-unsaturated/α-hetero) is 1. The van der Waals surface area contributed by atoms with E-state index in [0.29, 0.717) is 12.8 Å². The Morgan fingerprint density at radius 3 is 2.27 bits per heavy atom. The standard InChI is InChI=1S/C31H57N3O7/c1-19-16-31(6,38-11)27(41-28-25(35)23(32(7)8)15-20(2)40-28)21(3)26(36)30(4,5)29(37)39-18-24(34(10)17-19)22-13-12-14-33(22)9/h19-25,27-28,35H,12-18H2,1-11H3/t19-,20-,21+,22?,23+,24+,25-,27-,28+,31-/m1/s1. The molecule has 0 aromatic carbocycles. The van der Waals surface area contributed by atoms with Crippen molar-refractivity contribution in [2.45, 2.75) is 116 Å². The van der Waals surface area contributed by atoms with Crippen molar-refractivity contribution in [1.29, 1.82) is 0 Å². The second kappa shape index (κ2) is 13.7. The normalized spacial score (nSPS) is 42.4. The third kappa shape index (κ3) is 7.51. The fraction of sp³-hybridized carbons (Fsp3) is 0.935. The first-order valence-corrected chi connectivity index (χ1v) is 15.4. The van der Waals surface area contributed by atoms with E-state index < -0.39 is 41.4 Å². The van der Waals surface area contributed by atoms with Crippen LogP contribution in [0.5, 0.6) is 0 Å². The molecule has 3 heterocycles. The van der Waals surface area contributed by atoms with Crippen LogP contribution in [0.25, 0.3) is 0 Å². The molecule has 41 heavy (non-hydrogen) atoms. The monoisotopic (exact) mass is 583 g/mol. The molecule has 0 spiro atoms. The van der Waals surface area contributed by atoms with Crippen LogP contribution in [0.15, 0.2) is 0 Å². The molecule has 3 saturated heterocycles. The average molecular weight is 584 g/mol. The van der Waals surface area contributed by atoms with Crippen LogP contribution >= 0.6 is 0 Å². The van der Waals surface area contributed by atoms with Gasteiger partial charge in [-0.1, -0.05) is 13.8 Å². The Kier molecular flexibility index (Phi) is 11.4.